The van der Waals surface area contributed by atoms with E-state index in [4.69, 9.17) is 9.47 Å². The Kier molecular flexibility index (Phi) is 3.75. The maximum Gasteiger partial charge on any atom is 0.231 e. The second-order valence-corrected chi connectivity index (χ2v) is 5.49. The molecule has 0 saturated carbocycles. The molecule has 1 amide bonds. The minimum Gasteiger partial charge on any atom is -0.454 e. The second-order valence-electron chi connectivity index (χ2n) is 5.49. The van der Waals surface area contributed by atoms with E-state index in [-0.39, 0.29) is 18.6 Å². The number of benzene rings is 1. The maximum atomic E-state index is 12.1. The van der Waals surface area contributed by atoms with Crippen molar-refractivity contribution in [1.29, 1.82) is 0 Å². The summed E-state index contributed by atoms with van der Waals surface area (Å²) in [5.41, 5.74) is 3.23. The molecule has 0 radical (unpaired) electrons. The van der Waals surface area contributed by atoms with Crippen molar-refractivity contribution in [3.8, 4) is 22.8 Å². The van der Waals surface area contributed by atoms with Crippen molar-refractivity contribution < 1.29 is 14.3 Å². The summed E-state index contributed by atoms with van der Waals surface area (Å²) in [5, 5.41) is 10.3. The highest BCUT2D eigenvalue weighted by atomic mass is 16.7. The van der Waals surface area contributed by atoms with Crippen molar-refractivity contribution in [3.05, 3.63) is 23.9 Å². The van der Waals surface area contributed by atoms with Crippen molar-refractivity contribution in [2.45, 2.75) is 27.2 Å². The fourth-order valence-corrected chi connectivity index (χ4v) is 2.29. The third kappa shape index (κ3) is 2.52. The van der Waals surface area contributed by atoms with E-state index in [1.165, 1.54) is 0 Å². The Labute approximate surface area is 128 Å². The summed E-state index contributed by atoms with van der Waals surface area (Å²) in [6.07, 6.45) is 0.755. The summed E-state index contributed by atoms with van der Waals surface area (Å²) in [4.78, 5) is 12.1. The van der Waals surface area contributed by atoms with Crippen LogP contribution in [0.15, 0.2) is 18.2 Å². The van der Waals surface area contributed by atoms with E-state index in [1.807, 2.05) is 39.0 Å². The predicted molar refractivity (Wildman–Crippen MR) is 83.0 cm³/mol. The Bertz CT molecular complexity index is 707. The summed E-state index contributed by atoms with van der Waals surface area (Å²) >= 11 is 0. The molecule has 1 aromatic carbocycles. The molecule has 1 aliphatic heterocycles. The lowest BCUT2D eigenvalue weighted by atomic mass is 10.1. The van der Waals surface area contributed by atoms with Crippen molar-refractivity contribution in [3.63, 3.8) is 0 Å². The number of aromatic amines is 1. The minimum absolute atomic E-state index is 0.0295. The molecule has 116 valence electrons. The molecule has 0 saturated heterocycles. The van der Waals surface area contributed by atoms with Gasteiger partial charge in [-0.15, -0.1) is 0 Å². The third-order valence-electron chi connectivity index (χ3n) is 3.61. The molecule has 2 heterocycles. The number of carbonyl (C=O) groups is 1. The number of nitrogens with one attached hydrogen (secondary N) is 2. The summed E-state index contributed by atoms with van der Waals surface area (Å²) in [7, 11) is 0. The molecule has 0 aliphatic carbocycles. The second kappa shape index (κ2) is 5.71. The highest BCUT2D eigenvalue weighted by molar-refractivity contribution is 5.96. The Balaban J connectivity index is 2.00. The molecule has 1 aromatic heterocycles. The molecular weight excluding hydrogens is 282 g/mol. The monoisotopic (exact) mass is 301 g/mol. The molecule has 6 nitrogen and oxygen atoms in total. The van der Waals surface area contributed by atoms with E-state index < -0.39 is 0 Å². The zero-order valence-corrected chi connectivity index (χ0v) is 12.9. The van der Waals surface area contributed by atoms with Crippen molar-refractivity contribution in [2.75, 3.05) is 12.1 Å². The van der Waals surface area contributed by atoms with Crippen LogP contribution < -0.4 is 14.8 Å². The Hall–Kier alpha value is -2.50. The number of ether oxygens (including phenoxy) is 2. The number of nitrogens with zero attached hydrogens (tertiary/aromatic N) is 1. The van der Waals surface area contributed by atoms with Crippen LogP contribution in [0.5, 0.6) is 11.5 Å². The first-order chi connectivity index (χ1) is 10.6. The van der Waals surface area contributed by atoms with Gasteiger partial charge in [0.15, 0.2) is 11.5 Å². The number of aryl methyl sites for hydroxylation is 1. The van der Waals surface area contributed by atoms with Gasteiger partial charge in [0.05, 0.1) is 11.4 Å². The van der Waals surface area contributed by atoms with Gasteiger partial charge in [0.1, 0.15) is 5.69 Å². The van der Waals surface area contributed by atoms with E-state index in [9.17, 15) is 4.79 Å². The van der Waals surface area contributed by atoms with Gasteiger partial charge in [-0.25, -0.2) is 0 Å². The number of carbonyl (C=O) groups excluding carboxylic acids is 1. The van der Waals surface area contributed by atoms with E-state index >= 15 is 0 Å². The first kappa shape index (κ1) is 14.4. The number of aromatic nitrogens is 2. The molecule has 22 heavy (non-hydrogen) atoms. The SMILES string of the molecule is CCc1[nH]nc(-c2ccc3c(c2)OCO3)c1NC(=O)C(C)C. The van der Waals surface area contributed by atoms with Crippen LogP contribution in [0.2, 0.25) is 0 Å². The molecule has 2 N–H and O–H groups in total. The van der Waals surface area contributed by atoms with Gasteiger partial charge in [0, 0.05) is 11.5 Å². The van der Waals surface area contributed by atoms with E-state index in [0.29, 0.717) is 11.4 Å². The van der Waals surface area contributed by atoms with Gasteiger partial charge in [-0.3, -0.25) is 9.89 Å². The molecule has 0 spiro atoms. The topological polar surface area (TPSA) is 76.2 Å². The van der Waals surface area contributed by atoms with Gasteiger partial charge in [0.2, 0.25) is 12.7 Å². The molecule has 0 bridgehead atoms. The normalized spacial score (nSPS) is 12.7. The summed E-state index contributed by atoms with van der Waals surface area (Å²) in [6, 6.07) is 5.64. The molecule has 6 heteroatoms. The summed E-state index contributed by atoms with van der Waals surface area (Å²) in [5.74, 6) is 1.30. The molecular formula is C16H19N3O3. The Morgan fingerprint density at radius 2 is 2.14 bits per heavy atom. The highest BCUT2D eigenvalue weighted by Gasteiger charge is 2.20. The number of rotatable bonds is 4. The van der Waals surface area contributed by atoms with Crippen LogP contribution in [0.3, 0.4) is 0 Å². The van der Waals surface area contributed by atoms with E-state index in [1.54, 1.807) is 0 Å². The average Bonchev–Trinajstić information content (AvgIpc) is 3.12. The maximum absolute atomic E-state index is 12.1. The van der Waals surface area contributed by atoms with Gasteiger partial charge in [0.25, 0.3) is 0 Å². The van der Waals surface area contributed by atoms with Crippen LogP contribution in [-0.2, 0) is 11.2 Å². The molecule has 0 fully saturated rings. The zero-order chi connectivity index (χ0) is 15.7. The van der Waals surface area contributed by atoms with E-state index in [0.717, 1.165) is 29.1 Å². The first-order valence-corrected chi connectivity index (χ1v) is 7.38. The lowest BCUT2D eigenvalue weighted by Gasteiger charge is -2.10. The molecule has 0 unspecified atom stereocenters. The molecule has 0 atom stereocenters. The minimum atomic E-state index is -0.0933. The van der Waals surface area contributed by atoms with E-state index in [2.05, 4.69) is 15.5 Å². The van der Waals surface area contributed by atoms with Crippen LogP contribution in [0, 0.1) is 5.92 Å². The van der Waals surface area contributed by atoms with Gasteiger partial charge >= 0.3 is 0 Å². The number of hydrogen-bond donors (Lipinski definition) is 2. The number of amides is 1. The number of H-pyrrole nitrogens is 1. The molecule has 2 aromatic rings. The molecule has 3 rings (SSSR count). The molecule has 1 aliphatic rings. The third-order valence-corrected chi connectivity index (χ3v) is 3.61. The smallest absolute Gasteiger partial charge is 0.231 e. The Morgan fingerprint density at radius 1 is 1.36 bits per heavy atom. The quantitative estimate of drug-likeness (QED) is 0.910. The summed E-state index contributed by atoms with van der Waals surface area (Å²) < 4.78 is 10.7. The largest absolute Gasteiger partial charge is 0.454 e. The number of fused-ring (bicyclic) bond motifs is 1. The number of anilines is 1. The van der Waals surface area contributed by atoms with Gasteiger partial charge in [-0.05, 0) is 24.6 Å². The highest BCUT2D eigenvalue weighted by Crippen LogP contribution is 2.38. The Morgan fingerprint density at radius 3 is 2.86 bits per heavy atom. The van der Waals surface area contributed by atoms with Crippen LogP contribution in [-0.4, -0.2) is 22.9 Å². The average molecular weight is 301 g/mol. The number of hydrogen-bond acceptors (Lipinski definition) is 4. The summed E-state index contributed by atoms with van der Waals surface area (Å²) in [6.45, 7) is 5.97. The van der Waals surface area contributed by atoms with Crippen molar-refractivity contribution in [2.24, 2.45) is 5.92 Å². The zero-order valence-electron chi connectivity index (χ0n) is 12.9. The van der Waals surface area contributed by atoms with Crippen LogP contribution in [0.4, 0.5) is 5.69 Å². The van der Waals surface area contributed by atoms with Gasteiger partial charge < -0.3 is 14.8 Å². The fraction of sp³-hybridized carbons (Fsp3) is 0.375. The van der Waals surface area contributed by atoms with Crippen LogP contribution in [0.25, 0.3) is 11.3 Å². The van der Waals surface area contributed by atoms with Crippen LogP contribution in [0.1, 0.15) is 26.5 Å². The first-order valence-electron chi connectivity index (χ1n) is 7.38. The van der Waals surface area contributed by atoms with Gasteiger partial charge in [-0.1, -0.05) is 20.8 Å². The predicted octanol–water partition coefficient (Wildman–Crippen LogP) is 2.96. The lowest BCUT2D eigenvalue weighted by Crippen LogP contribution is -2.18. The standard InChI is InChI=1S/C16H19N3O3/c1-4-11-15(17-16(20)9(2)3)14(19-18-11)10-5-6-12-13(7-10)22-8-21-12/h5-7,9H,4,8H2,1-3H3,(H,17,20)(H,18,19). The lowest BCUT2D eigenvalue weighted by molar-refractivity contribution is -0.118. The fourth-order valence-electron chi connectivity index (χ4n) is 2.29. The van der Waals surface area contributed by atoms with Crippen molar-refractivity contribution >= 4 is 11.6 Å². The van der Waals surface area contributed by atoms with Crippen LogP contribution >= 0.6 is 0 Å². The van der Waals surface area contributed by atoms with Crippen molar-refractivity contribution in [1.82, 2.24) is 10.2 Å². The van der Waals surface area contributed by atoms with Gasteiger partial charge in [-0.2, -0.15) is 5.10 Å².